The first-order valence-corrected chi connectivity index (χ1v) is 13.5. The second-order valence-corrected chi connectivity index (χ2v) is 10.7. The normalized spacial score (nSPS) is 16.4. The molecule has 0 saturated carbocycles. The van der Waals surface area contributed by atoms with Crippen LogP contribution in [0.25, 0.3) is 11.1 Å². The molecule has 36 heavy (non-hydrogen) atoms. The van der Waals surface area contributed by atoms with Crippen LogP contribution in [0, 0.1) is 0 Å². The molecule has 5 rings (SSSR count). The first kappa shape index (κ1) is 24.7. The second kappa shape index (κ2) is 10.6. The van der Waals surface area contributed by atoms with Crippen LogP contribution in [-0.2, 0) is 21.4 Å². The summed E-state index contributed by atoms with van der Waals surface area (Å²) in [6, 6.07) is 23.8. The van der Waals surface area contributed by atoms with Gasteiger partial charge in [-0.1, -0.05) is 83.0 Å². The standard InChI is InChI=1S/C30H31BrN2O3/c31-23-13-11-22(12-14-23)21-28(34)33-19-17-32(18-20-33)16-6-5-15-30(29(35)36)26-9-3-1-7-24(26)25-8-2-4-10-27(25)30/h1-4,7-14H,5-6,15-21H2,(H,35,36). The summed E-state index contributed by atoms with van der Waals surface area (Å²) in [7, 11) is 0. The molecule has 0 bridgehead atoms. The summed E-state index contributed by atoms with van der Waals surface area (Å²) in [5.41, 5.74) is 3.96. The van der Waals surface area contributed by atoms with Gasteiger partial charge in [-0.3, -0.25) is 14.5 Å². The smallest absolute Gasteiger partial charge is 0.318 e. The second-order valence-electron chi connectivity index (χ2n) is 9.78. The van der Waals surface area contributed by atoms with Gasteiger partial charge in [-0.05, 0) is 59.3 Å². The molecule has 1 saturated heterocycles. The molecular weight excluding hydrogens is 516 g/mol. The number of aliphatic carboxylic acids is 1. The number of carbonyl (C=O) groups is 2. The molecule has 6 heteroatoms. The Hall–Kier alpha value is -2.96. The van der Waals surface area contributed by atoms with Gasteiger partial charge in [0.15, 0.2) is 0 Å². The third-order valence-corrected chi connectivity index (χ3v) is 8.23. The van der Waals surface area contributed by atoms with Gasteiger partial charge in [-0.2, -0.15) is 0 Å². The maximum atomic E-state index is 12.7. The minimum absolute atomic E-state index is 0.180. The van der Waals surface area contributed by atoms with E-state index in [1.165, 1.54) is 0 Å². The quantitative estimate of drug-likeness (QED) is 0.386. The molecule has 0 unspecified atom stereocenters. The van der Waals surface area contributed by atoms with Crippen LogP contribution >= 0.6 is 15.9 Å². The zero-order valence-electron chi connectivity index (χ0n) is 20.3. The summed E-state index contributed by atoms with van der Waals surface area (Å²) in [6.07, 6.45) is 2.79. The highest BCUT2D eigenvalue weighted by Gasteiger charge is 2.48. The molecule has 0 atom stereocenters. The summed E-state index contributed by atoms with van der Waals surface area (Å²) >= 11 is 3.43. The minimum Gasteiger partial charge on any atom is -0.480 e. The zero-order chi connectivity index (χ0) is 25.1. The fourth-order valence-corrected chi connectivity index (χ4v) is 6.03. The highest BCUT2D eigenvalue weighted by atomic mass is 79.9. The summed E-state index contributed by atoms with van der Waals surface area (Å²) in [4.78, 5) is 29.8. The number of benzene rings is 3. The molecule has 0 spiro atoms. The number of rotatable bonds is 8. The molecule has 3 aromatic rings. The summed E-state index contributed by atoms with van der Waals surface area (Å²) < 4.78 is 1.02. The maximum absolute atomic E-state index is 12.7. The van der Waals surface area contributed by atoms with Crippen molar-refractivity contribution in [1.82, 2.24) is 9.80 Å². The Kier molecular flexibility index (Phi) is 7.26. The fraction of sp³-hybridized carbons (Fsp3) is 0.333. The molecule has 1 N–H and O–H groups in total. The highest BCUT2D eigenvalue weighted by Crippen LogP contribution is 2.51. The van der Waals surface area contributed by atoms with Gasteiger partial charge in [0.25, 0.3) is 0 Å². The number of carboxylic acid groups (broad SMARTS) is 1. The Morgan fingerprint density at radius 1 is 0.806 bits per heavy atom. The fourth-order valence-electron chi connectivity index (χ4n) is 5.77. The van der Waals surface area contributed by atoms with Crippen LogP contribution in [0.1, 0.15) is 36.0 Å². The average molecular weight is 547 g/mol. The Labute approximate surface area is 220 Å². The van der Waals surface area contributed by atoms with Crippen LogP contribution < -0.4 is 0 Å². The van der Waals surface area contributed by atoms with Crippen LogP contribution in [0.4, 0.5) is 0 Å². The van der Waals surface area contributed by atoms with E-state index in [0.717, 1.165) is 77.9 Å². The number of nitrogens with zero attached hydrogens (tertiary/aromatic N) is 2. The molecule has 0 radical (unpaired) electrons. The van der Waals surface area contributed by atoms with E-state index in [2.05, 4.69) is 20.8 Å². The van der Waals surface area contributed by atoms with Gasteiger partial charge < -0.3 is 10.0 Å². The lowest BCUT2D eigenvalue weighted by molar-refractivity contribution is -0.142. The van der Waals surface area contributed by atoms with Crippen molar-refractivity contribution in [2.24, 2.45) is 0 Å². The van der Waals surface area contributed by atoms with E-state index >= 15 is 0 Å². The molecule has 5 nitrogen and oxygen atoms in total. The Balaban J connectivity index is 1.15. The summed E-state index contributed by atoms with van der Waals surface area (Å²) in [6.45, 7) is 4.14. The average Bonchev–Trinajstić information content (AvgIpc) is 3.19. The number of unbranched alkanes of at least 4 members (excludes halogenated alkanes) is 1. The zero-order valence-corrected chi connectivity index (χ0v) is 21.9. The predicted molar refractivity (Wildman–Crippen MR) is 145 cm³/mol. The van der Waals surface area contributed by atoms with E-state index in [1.54, 1.807) is 0 Å². The molecule has 2 aliphatic rings. The highest BCUT2D eigenvalue weighted by molar-refractivity contribution is 9.10. The van der Waals surface area contributed by atoms with Crippen LogP contribution in [0.5, 0.6) is 0 Å². The molecule has 1 fully saturated rings. The van der Waals surface area contributed by atoms with Gasteiger partial charge in [-0.15, -0.1) is 0 Å². The number of hydrogen-bond donors (Lipinski definition) is 1. The van der Waals surface area contributed by atoms with Gasteiger partial charge in [0, 0.05) is 30.7 Å². The molecule has 1 aliphatic carbocycles. The first-order chi connectivity index (χ1) is 17.5. The van der Waals surface area contributed by atoms with Crippen LogP contribution in [0.2, 0.25) is 0 Å². The van der Waals surface area contributed by atoms with Gasteiger partial charge in [0.1, 0.15) is 5.41 Å². The lowest BCUT2D eigenvalue weighted by Gasteiger charge is -2.35. The largest absolute Gasteiger partial charge is 0.480 e. The minimum atomic E-state index is -0.981. The van der Waals surface area contributed by atoms with Crippen molar-refractivity contribution >= 4 is 27.8 Å². The first-order valence-electron chi connectivity index (χ1n) is 12.7. The van der Waals surface area contributed by atoms with E-state index in [9.17, 15) is 14.7 Å². The third-order valence-electron chi connectivity index (χ3n) is 7.70. The van der Waals surface area contributed by atoms with Gasteiger partial charge in [0.05, 0.1) is 6.42 Å². The van der Waals surface area contributed by atoms with E-state index in [0.29, 0.717) is 12.8 Å². The maximum Gasteiger partial charge on any atom is 0.318 e. The lowest BCUT2D eigenvalue weighted by Crippen LogP contribution is -2.49. The monoisotopic (exact) mass is 546 g/mol. The van der Waals surface area contributed by atoms with Crippen LogP contribution in [0.15, 0.2) is 77.3 Å². The molecule has 0 aromatic heterocycles. The summed E-state index contributed by atoms with van der Waals surface area (Å²) in [5, 5.41) is 10.5. The van der Waals surface area contributed by atoms with Gasteiger partial charge in [-0.25, -0.2) is 0 Å². The topological polar surface area (TPSA) is 60.9 Å². The number of carbonyl (C=O) groups excluding carboxylic acids is 1. The van der Waals surface area contributed by atoms with Crippen molar-refractivity contribution in [2.45, 2.75) is 31.1 Å². The van der Waals surface area contributed by atoms with Crippen molar-refractivity contribution in [3.8, 4) is 11.1 Å². The van der Waals surface area contributed by atoms with Crippen molar-refractivity contribution in [3.05, 3.63) is 94.0 Å². The number of fused-ring (bicyclic) bond motifs is 3. The third kappa shape index (κ3) is 4.72. The van der Waals surface area contributed by atoms with Gasteiger partial charge in [0.2, 0.25) is 5.91 Å². The molecule has 1 amide bonds. The number of piperazine rings is 1. The molecule has 186 valence electrons. The summed E-state index contributed by atoms with van der Waals surface area (Å²) in [5.74, 6) is -0.586. The molecular formula is C30H31BrN2O3. The Morgan fingerprint density at radius 2 is 1.39 bits per heavy atom. The molecule has 3 aromatic carbocycles. The van der Waals surface area contributed by atoms with E-state index in [-0.39, 0.29) is 5.91 Å². The number of halogens is 1. The number of amides is 1. The van der Waals surface area contributed by atoms with Crippen LogP contribution in [-0.4, -0.2) is 59.5 Å². The molecule has 1 aliphatic heterocycles. The van der Waals surface area contributed by atoms with Crippen molar-refractivity contribution < 1.29 is 14.7 Å². The lowest BCUT2D eigenvalue weighted by atomic mass is 9.74. The number of carboxylic acids is 1. The Morgan fingerprint density at radius 3 is 1.97 bits per heavy atom. The van der Waals surface area contributed by atoms with E-state index in [1.807, 2.05) is 77.7 Å². The van der Waals surface area contributed by atoms with Crippen LogP contribution in [0.3, 0.4) is 0 Å². The van der Waals surface area contributed by atoms with Crippen molar-refractivity contribution in [1.29, 1.82) is 0 Å². The van der Waals surface area contributed by atoms with E-state index in [4.69, 9.17) is 0 Å². The molecule has 1 heterocycles. The van der Waals surface area contributed by atoms with Crippen molar-refractivity contribution in [2.75, 3.05) is 32.7 Å². The van der Waals surface area contributed by atoms with Gasteiger partial charge >= 0.3 is 5.97 Å². The predicted octanol–water partition coefficient (Wildman–Crippen LogP) is 5.36. The van der Waals surface area contributed by atoms with Crippen molar-refractivity contribution in [3.63, 3.8) is 0 Å². The number of hydrogen-bond acceptors (Lipinski definition) is 3. The SMILES string of the molecule is O=C(Cc1ccc(Br)cc1)N1CCN(CCCCC2(C(=O)O)c3ccccc3-c3ccccc32)CC1. The Bertz CT molecular complexity index is 1200. The van der Waals surface area contributed by atoms with E-state index < -0.39 is 11.4 Å².